The van der Waals surface area contributed by atoms with E-state index < -0.39 is 0 Å². The number of allylic oxidation sites excluding steroid dienone is 3. The van der Waals surface area contributed by atoms with Gasteiger partial charge in [-0.25, -0.2) is 0 Å². The fourth-order valence-electron chi connectivity index (χ4n) is 6.23. The third-order valence-corrected chi connectivity index (χ3v) is 7.43. The van der Waals surface area contributed by atoms with E-state index >= 15 is 0 Å². The minimum atomic E-state index is -0.359. The van der Waals surface area contributed by atoms with Crippen molar-refractivity contribution in [3.8, 4) is 0 Å². The molecule has 5 atom stereocenters. The van der Waals surface area contributed by atoms with Crippen molar-refractivity contribution in [1.29, 1.82) is 0 Å². The second-order valence-corrected chi connectivity index (χ2v) is 8.61. The van der Waals surface area contributed by atoms with Crippen molar-refractivity contribution < 1.29 is 9.59 Å². The Morgan fingerprint density at radius 3 is 2.73 bits per heavy atom. The number of carbonyl (C=O) groups is 2. The molecule has 0 aliphatic heterocycles. The first kappa shape index (κ1) is 14.4. The van der Waals surface area contributed by atoms with Crippen molar-refractivity contribution >= 4 is 11.6 Å². The normalized spacial score (nSPS) is 47.6. The van der Waals surface area contributed by atoms with E-state index in [-0.39, 0.29) is 22.7 Å². The highest BCUT2D eigenvalue weighted by atomic mass is 16.1. The molecule has 22 heavy (non-hydrogen) atoms. The Morgan fingerprint density at radius 2 is 1.95 bits per heavy atom. The maximum absolute atomic E-state index is 12.9. The van der Waals surface area contributed by atoms with Gasteiger partial charge in [0.05, 0.1) is 5.41 Å². The summed E-state index contributed by atoms with van der Waals surface area (Å²) >= 11 is 0. The summed E-state index contributed by atoms with van der Waals surface area (Å²) in [6.07, 6.45) is 8.63. The molecule has 4 aliphatic rings. The highest BCUT2D eigenvalue weighted by molar-refractivity contribution is 6.00. The van der Waals surface area contributed by atoms with Gasteiger partial charge in [0.1, 0.15) is 5.78 Å². The molecule has 3 fully saturated rings. The standard InChI is InChI=1S/C20H26O2/c1-12-9-15-18-14(7-8-19(15,2)11-12)20(3)13(10-16(18)21)5-4-6-17(20)22/h10,14-15,18H,1,4-9,11H2,2-3H3/t14-,15+,18-,19-,20+/m1/s1. The van der Waals surface area contributed by atoms with Gasteiger partial charge in [-0.3, -0.25) is 9.59 Å². The van der Waals surface area contributed by atoms with Gasteiger partial charge in [-0.2, -0.15) is 0 Å². The fraction of sp³-hybridized carbons (Fsp3) is 0.700. The lowest BCUT2D eigenvalue weighted by Gasteiger charge is -2.54. The number of carbonyl (C=O) groups excluding carboxylic acids is 2. The van der Waals surface area contributed by atoms with Gasteiger partial charge < -0.3 is 0 Å². The summed E-state index contributed by atoms with van der Waals surface area (Å²) in [4.78, 5) is 25.7. The number of hydrogen-bond donors (Lipinski definition) is 0. The van der Waals surface area contributed by atoms with Crippen LogP contribution in [0.15, 0.2) is 23.8 Å². The van der Waals surface area contributed by atoms with E-state index in [2.05, 4.69) is 20.4 Å². The summed E-state index contributed by atoms with van der Waals surface area (Å²) in [5.74, 6) is 1.37. The molecule has 0 bridgehead atoms. The van der Waals surface area contributed by atoms with Crippen LogP contribution in [0, 0.1) is 28.6 Å². The maximum Gasteiger partial charge on any atom is 0.159 e. The van der Waals surface area contributed by atoms with Gasteiger partial charge in [-0.15, -0.1) is 0 Å². The molecule has 0 aromatic heterocycles. The van der Waals surface area contributed by atoms with Gasteiger partial charge in [-0.1, -0.05) is 24.6 Å². The second kappa shape index (κ2) is 4.43. The quantitative estimate of drug-likeness (QED) is 0.626. The first-order chi connectivity index (χ1) is 10.4. The van der Waals surface area contributed by atoms with Crippen LogP contribution in [0.4, 0.5) is 0 Å². The van der Waals surface area contributed by atoms with E-state index in [1.807, 2.05) is 6.08 Å². The molecule has 2 nitrogen and oxygen atoms in total. The molecule has 0 unspecified atom stereocenters. The molecule has 0 heterocycles. The molecule has 4 rings (SSSR count). The van der Waals surface area contributed by atoms with E-state index in [4.69, 9.17) is 0 Å². The second-order valence-electron chi connectivity index (χ2n) is 8.61. The van der Waals surface area contributed by atoms with Crippen LogP contribution in [-0.4, -0.2) is 11.6 Å². The number of hydrogen-bond acceptors (Lipinski definition) is 2. The Bertz CT molecular complexity index is 613. The number of ketones is 2. The zero-order valence-corrected chi connectivity index (χ0v) is 13.8. The molecule has 0 amide bonds. The van der Waals surface area contributed by atoms with Crippen molar-refractivity contribution in [3.05, 3.63) is 23.8 Å². The average Bonchev–Trinajstić information content (AvgIpc) is 2.76. The van der Waals surface area contributed by atoms with Crippen molar-refractivity contribution in [2.45, 2.75) is 58.8 Å². The van der Waals surface area contributed by atoms with Gasteiger partial charge in [-0.05, 0) is 68.8 Å². The van der Waals surface area contributed by atoms with Gasteiger partial charge in [0.15, 0.2) is 5.78 Å². The van der Waals surface area contributed by atoms with E-state index in [1.165, 1.54) is 5.57 Å². The van der Waals surface area contributed by atoms with Crippen LogP contribution in [0.25, 0.3) is 0 Å². The summed E-state index contributed by atoms with van der Waals surface area (Å²) in [5.41, 5.74) is 2.31. The minimum absolute atomic E-state index is 0.0498. The van der Waals surface area contributed by atoms with Crippen LogP contribution in [0.5, 0.6) is 0 Å². The molecular weight excluding hydrogens is 272 g/mol. The molecule has 0 saturated heterocycles. The Balaban J connectivity index is 1.81. The van der Waals surface area contributed by atoms with Crippen LogP contribution < -0.4 is 0 Å². The molecular formula is C20H26O2. The topological polar surface area (TPSA) is 34.1 Å². The van der Waals surface area contributed by atoms with Crippen molar-refractivity contribution in [3.63, 3.8) is 0 Å². The number of fused-ring (bicyclic) bond motifs is 5. The van der Waals surface area contributed by atoms with Crippen LogP contribution in [0.3, 0.4) is 0 Å². The zero-order valence-electron chi connectivity index (χ0n) is 13.8. The summed E-state index contributed by atoms with van der Waals surface area (Å²) in [7, 11) is 0. The monoisotopic (exact) mass is 298 g/mol. The third kappa shape index (κ3) is 1.67. The molecule has 0 aromatic carbocycles. The smallest absolute Gasteiger partial charge is 0.159 e. The van der Waals surface area contributed by atoms with Gasteiger partial charge >= 0.3 is 0 Å². The minimum Gasteiger partial charge on any atom is -0.299 e. The van der Waals surface area contributed by atoms with Gasteiger partial charge in [0, 0.05) is 12.3 Å². The average molecular weight is 298 g/mol. The number of rotatable bonds is 0. The van der Waals surface area contributed by atoms with Crippen LogP contribution in [0.1, 0.15) is 58.8 Å². The lowest BCUT2D eigenvalue weighted by atomic mass is 9.47. The maximum atomic E-state index is 12.9. The lowest BCUT2D eigenvalue weighted by Crippen LogP contribution is -2.54. The first-order valence-electron chi connectivity index (χ1n) is 8.81. The molecule has 0 N–H and O–H groups in total. The Labute approximate surface area is 133 Å². The van der Waals surface area contributed by atoms with Crippen LogP contribution in [-0.2, 0) is 9.59 Å². The zero-order chi connectivity index (χ0) is 15.7. The molecule has 118 valence electrons. The van der Waals surface area contributed by atoms with Gasteiger partial charge in [0.2, 0.25) is 0 Å². The van der Waals surface area contributed by atoms with Crippen molar-refractivity contribution in [2.75, 3.05) is 0 Å². The Morgan fingerprint density at radius 1 is 1.18 bits per heavy atom. The van der Waals surface area contributed by atoms with Crippen molar-refractivity contribution in [2.24, 2.45) is 28.6 Å². The molecule has 2 heteroatoms. The van der Waals surface area contributed by atoms with Gasteiger partial charge in [0.25, 0.3) is 0 Å². The summed E-state index contributed by atoms with van der Waals surface area (Å²) in [6, 6.07) is 0. The lowest BCUT2D eigenvalue weighted by molar-refractivity contribution is -0.142. The highest BCUT2D eigenvalue weighted by Gasteiger charge is 2.60. The highest BCUT2D eigenvalue weighted by Crippen LogP contribution is 2.64. The molecule has 0 aromatic rings. The van der Waals surface area contributed by atoms with Crippen molar-refractivity contribution in [1.82, 2.24) is 0 Å². The predicted octanol–water partition coefficient (Wildman–Crippen LogP) is 4.25. The summed E-state index contributed by atoms with van der Waals surface area (Å²) < 4.78 is 0. The van der Waals surface area contributed by atoms with E-state index in [0.29, 0.717) is 23.9 Å². The van der Waals surface area contributed by atoms with E-state index in [1.54, 1.807) is 0 Å². The third-order valence-electron chi connectivity index (χ3n) is 7.43. The SMILES string of the molecule is C=C1C[C@H]2[C@@H]3C(=O)C=C4CCCC(=O)[C@]4(C)[C@@H]3CC[C@]2(C)C1. The Kier molecular flexibility index (Phi) is 2.90. The first-order valence-corrected chi connectivity index (χ1v) is 8.81. The number of Topliss-reactive ketones (excluding diaryl/α,β-unsaturated/α-hetero) is 1. The van der Waals surface area contributed by atoms with Crippen LogP contribution in [0.2, 0.25) is 0 Å². The molecule has 3 saturated carbocycles. The van der Waals surface area contributed by atoms with E-state index in [9.17, 15) is 9.59 Å². The molecule has 0 radical (unpaired) electrons. The Hall–Kier alpha value is -1.18. The van der Waals surface area contributed by atoms with E-state index in [0.717, 1.165) is 44.1 Å². The fourth-order valence-corrected chi connectivity index (χ4v) is 6.23. The van der Waals surface area contributed by atoms with Crippen LogP contribution >= 0.6 is 0 Å². The largest absolute Gasteiger partial charge is 0.299 e. The summed E-state index contributed by atoms with van der Waals surface area (Å²) in [6.45, 7) is 8.68. The molecule has 0 spiro atoms. The molecule has 4 aliphatic carbocycles. The summed E-state index contributed by atoms with van der Waals surface area (Å²) in [5, 5.41) is 0. The predicted molar refractivity (Wildman–Crippen MR) is 86.2 cm³/mol.